The lowest BCUT2D eigenvalue weighted by Crippen LogP contribution is -2.51. The molecule has 0 spiro atoms. The van der Waals surface area contributed by atoms with Crippen LogP contribution in [0.25, 0.3) is 0 Å². The van der Waals surface area contributed by atoms with Gasteiger partial charge in [-0.25, -0.2) is 0 Å². The van der Waals surface area contributed by atoms with Gasteiger partial charge in [-0.2, -0.15) is 0 Å². The van der Waals surface area contributed by atoms with Crippen LogP contribution in [0.2, 0.25) is 0 Å². The van der Waals surface area contributed by atoms with Crippen molar-refractivity contribution in [2.45, 2.75) is 45.2 Å². The van der Waals surface area contributed by atoms with Crippen molar-refractivity contribution in [3.63, 3.8) is 0 Å². The second kappa shape index (κ2) is 8.34. The van der Waals surface area contributed by atoms with Crippen molar-refractivity contribution >= 4 is 11.8 Å². The fourth-order valence-corrected chi connectivity index (χ4v) is 2.56. The second-order valence-electron chi connectivity index (χ2n) is 6.60. The number of hydrogen-bond acceptors (Lipinski definition) is 4. The van der Waals surface area contributed by atoms with Crippen molar-refractivity contribution in [1.29, 1.82) is 0 Å². The first kappa shape index (κ1) is 17.9. The molecular weight excluding hydrogens is 268 g/mol. The van der Waals surface area contributed by atoms with E-state index >= 15 is 0 Å². The van der Waals surface area contributed by atoms with Crippen molar-refractivity contribution in [1.82, 2.24) is 15.1 Å². The first-order valence-electron chi connectivity index (χ1n) is 7.78. The van der Waals surface area contributed by atoms with E-state index in [-0.39, 0.29) is 17.9 Å². The van der Waals surface area contributed by atoms with Crippen LogP contribution in [-0.2, 0) is 9.59 Å². The summed E-state index contributed by atoms with van der Waals surface area (Å²) in [4.78, 5) is 27.9. The largest absolute Gasteiger partial charge is 0.347 e. The topological polar surface area (TPSA) is 78.7 Å². The summed E-state index contributed by atoms with van der Waals surface area (Å²) in [5.74, 6) is 0.233. The quantitative estimate of drug-likeness (QED) is 0.725. The molecule has 3 N–H and O–H groups in total. The molecule has 21 heavy (non-hydrogen) atoms. The molecule has 122 valence electrons. The van der Waals surface area contributed by atoms with E-state index in [1.807, 2.05) is 13.8 Å². The Bertz CT molecular complexity index is 350. The number of hydrogen-bond donors (Lipinski definition) is 2. The standard InChI is InChI=1S/C15H30N4O2/c1-11(2)9-13(15(21)18(3)4)17-14(20)10-19-7-5-12(16)6-8-19/h11-13H,5-10,16H2,1-4H3,(H,17,20). The minimum absolute atomic E-state index is 0.0438. The predicted octanol–water partition coefficient (Wildman–Crippen LogP) is 0.0286. The highest BCUT2D eigenvalue weighted by Gasteiger charge is 2.25. The molecule has 1 unspecified atom stereocenters. The summed E-state index contributed by atoms with van der Waals surface area (Å²) in [6.07, 6.45) is 2.52. The van der Waals surface area contributed by atoms with E-state index < -0.39 is 6.04 Å². The van der Waals surface area contributed by atoms with E-state index in [2.05, 4.69) is 10.2 Å². The van der Waals surface area contributed by atoms with Gasteiger partial charge >= 0.3 is 0 Å². The van der Waals surface area contributed by atoms with E-state index in [0.29, 0.717) is 18.9 Å². The Morgan fingerprint density at radius 1 is 1.29 bits per heavy atom. The average molecular weight is 298 g/mol. The van der Waals surface area contributed by atoms with E-state index in [1.165, 1.54) is 4.90 Å². The van der Waals surface area contributed by atoms with Crippen LogP contribution in [0.1, 0.15) is 33.1 Å². The molecule has 1 heterocycles. The number of nitrogens with one attached hydrogen (secondary N) is 1. The molecule has 6 nitrogen and oxygen atoms in total. The minimum atomic E-state index is -0.431. The van der Waals surface area contributed by atoms with E-state index in [9.17, 15) is 9.59 Å². The van der Waals surface area contributed by atoms with Crippen molar-refractivity contribution in [2.24, 2.45) is 11.7 Å². The number of carbonyl (C=O) groups is 2. The third-order valence-corrected chi connectivity index (χ3v) is 3.78. The lowest BCUT2D eigenvalue weighted by atomic mass is 10.0. The second-order valence-corrected chi connectivity index (χ2v) is 6.60. The maximum atomic E-state index is 12.2. The van der Waals surface area contributed by atoms with E-state index in [1.54, 1.807) is 14.1 Å². The Labute approximate surface area is 128 Å². The maximum Gasteiger partial charge on any atom is 0.244 e. The average Bonchev–Trinajstić information content (AvgIpc) is 2.39. The molecule has 0 aromatic heterocycles. The summed E-state index contributed by atoms with van der Waals surface area (Å²) in [6, 6.07) is -0.173. The van der Waals surface area contributed by atoms with Gasteiger partial charge in [0.05, 0.1) is 6.54 Å². The molecule has 0 bridgehead atoms. The van der Waals surface area contributed by atoms with Crippen molar-refractivity contribution < 1.29 is 9.59 Å². The highest BCUT2D eigenvalue weighted by Crippen LogP contribution is 2.09. The zero-order valence-electron chi connectivity index (χ0n) is 13.8. The zero-order chi connectivity index (χ0) is 16.0. The fraction of sp³-hybridized carbons (Fsp3) is 0.867. The van der Waals surface area contributed by atoms with Crippen LogP contribution in [-0.4, -0.2) is 67.4 Å². The van der Waals surface area contributed by atoms with E-state index in [0.717, 1.165) is 25.9 Å². The fourth-order valence-electron chi connectivity index (χ4n) is 2.56. The summed E-state index contributed by atoms with van der Waals surface area (Å²) in [7, 11) is 3.43. The Morgan fingerprint density at radius 3 is 2.33 bits per heavy atom. The van der Waals surface area contributed by atoms with Gasteiger partial charge in [0.15, 0.2) is 0 Å². The molecule has 1 aliphatic rings. The third-order valence-electron chi connectivity index (χ3n) is 3.78. The Hall–Kier alpha value is -1.14. The van der Waals surface area contributed by atoms with Gasteiger partial charge < -0.3 is 16.0 Å². The number of likely N-dealkylation sites (N-methyl/N-ethyl adjacent to an activating group) is 1. The molecule has 0 aromatic rings. The van der Waals surface area contributed by atoms with E-state index in [4.69, 9.17) is 5.73 Å². The molecule has 1 atom stereocenters. The highest BCUT2D eigenvalue weighted by atomic mass is 16.2. The van der Waals surface area contributed by atoms with Gasteiger partial charge in [-0.15, -0.1) is 0 Å². The molecule has 0 aromatic carbocycles. The van der Waals surface area contributed by atoms with Gasteiger partial charge in [0, 0.05) is 33.2 Å². The Morgan fingerprint density at radius 2 is 1.86 bits per heavy atom. The molecule has 1 rings (SSSR count). The van der Waals surface area contributed by atoms with Crippen molar-refractivity contribution in [3.05, 3.63) is 0 Å². The maximum absolute atomic E-state index is 12.2. The van der Waals surface area contributed by atoms with Crippen LogP contribution in [0.15, 0.2) is 0 Å². The first-order chi connectivity index (χ1) is 9.79. The van der Waals surface area contributed by atoms with Crippen LogP contribution in [0.3, 0.4) is 0 Å². The Kier molecular flexibility index (Phi) is 7.11. The zero-order valence-corrected chi connectivity index (χ0v) is 13.8. The molecule has 0 saturated carbocycles. The number of piperidine rings is 1. The molecule has 1 aliphatic heterocycles. The first-order valence-corrected chi connectivity index (χ1v) is 7.78. The number of rotatable bonds is 6. The van der Waals surface area contributed by atoms with Crippen LogP contribution < -0.4 is 11.1 Å². The lowest BCUT2D eigenvalue weighted by Gasteiger charge is -2.30. The van der Waals surface area contributed by atoms with Gasteiger partial charge in [-0.3, -0.25) is 14.5 Å². The smallest absolute Gasteiger partial charge is 0.244 e. The highest BCUT2D eigenvalue weighted by molar-refractivity contribution is 5.88. The number of carbonyl (C=O) groups excluding carboxylic acids is 2. The van der Waals surface area contributed by atoms with Gasteiger partial charge in [0.1, 0.15) is 6.04 Å². The van der Waals surface area contributed by atoms with Crippen LogP contribution in [0.4, 0.5) is 0 Å². The van der Waals surface area contributed by atoms with Crippen molar-refractivity contribution in [2.75, 3.05) is 33.7 Å². The molecular formula is C15H30N4O2. The Balaban J connectivity index is 2.49. The molecule has 1 saturated heterocycles. The third kappa shape index (κ3) is 6.44. The molecule has 0 aliphatic carbocycles. The minimum Gasteiger partial charge on any atom is -0.347 e. The summed E-state index contributed by atoms with van der Waals surface area (Å²) in [5.41, 5.74) is 5.86. The van der Waals surface area contributed by atoms with Gasteiger partial charge in [0.25, 0.3) is 0 Å². The van der Waals surface area contributed by atoms with Gasteiger partial charge in [0.2, 0.25) is 11.8 Å². The summed E-state index contributed by atoms with van der Waals surface area (Å²) in [6.45, 7) is 6.15. The normalized spacial score (nSPS) is 18.6. The van der Waals surface area contributed by atoms with Crippen LogP contribution in [0, 0.1) is 5.92 Å². The number of amides is 2. The number of likely N-dealkylation sites (tertiary alicyclic amines) is 1. The molecule has 2 amide bonds. The summed E-state index contributed by atoms with van der Waals surface area (Å²) < 4.78 is 0. The predicted molar refractivity (Wildman–Crippen MR) is 83.7 cm³/mol. The van der Waals surface area contributed by atoms with Crippen LogP contribution in [0.5, 0.6) is 0 Å². The molecule has 6 heteroatoms. The molecule has 1 fully saturated rings. The number of nitrogens with two attached hydrogens (primary N) is 1. The summed E-state index contributed by atoms with van der Waals surface area (Å²) >= 11 is 0. The number of nitrogens with zero attached hydrogens (tertiary/aromatic N) is 2. The lowest BCUT2D eigenvalue weighted by molar-refractivity contribution is -0.135. The SMILES string of the molecule is CC(C)CC(NC(=O)CN1CCC(N)CC1)C(=O)N(C)C. The molecule has 0 radical (unpaired) electrons. The van der Waals surface area contributed by atoms with Gasteiger partial charge in [-0.05, 0) is 25.2 Å². The monoisotopic (exact) mass is 298 g/mol. The van der Waals surface area contributed by atoms with Crippen LogP contribution >= 0.6 is 0 Å². The van der Waals surface area contributed by atoms with Crippen molar-refractivity contribution in [3.8, 4) is 0 Å². The van der Waals surface area contributed by atoms with Gasteiger partial charge in [-0.1, -0.05) is 13.8 Å². The summed E-state index contributed by atoms with van der Waals surface area (Å²) in [5, 5.41) is 2.88.